The molecule has 0 saturated carbocycles. The van der Waals surface area contributed by atoms with Crippen molar-refractivity contribution in [3.8, 4) is 5.75 Å². The lowest BCUT2D eigenvalue weighted by molar-refractivity contribution is 0.289. The molecule has 0 amide bonds. The molecule has 1 aliphatic heterocycles. The summed E-state index contributed by atoms with van der Waals surface area (Å²) < 4.78 is 17.5. The van der Waals surface area contributed by atoms with Crippen molar-refractivity contribution in [1.29, 1.82) is 0 Å². The van der Waals surface area contributed by atoms with Crippen molar-refractivity contribution in [2.45, 2.75) is 25.2 Å². The minimum Gasteiger partial charge on any atom is -0.493 e. The van der Waals surface area contributed by atoms with Crippen LogP contribution in [0.3, 0.4) is 0 Å². The fraction of sp³-hybridized carbons (Fsp3) is 0.571. The van der Waals surface area contributed by atoms with Crippen LogP contribution in [0.1, 0.15) is 30.7 Å². The first kappa shape index (κ1) is 12.4. The van der Waals surface area contributed by atoms with Gasteiger partial charge in [-0.1, -0.05) is 12.1 Å². The van der Waals surface area contributed by atoms with E-state index in [1.807, 2.05) is 12.1 Å². The lowest BCUT2D eigenvalue weighted by Gasteiger charge is -2.23. The summed E-state index contributed by atoms with van der Waals surface area (Å²) in [6, 6.07) is 8.25. The number of ether oxygens (including phenoxy) is 1. The van der Waals surface area contributed by atoms with Crippen molar-refractivity contribution in [2.24, 2.45) is 0 Å². The van der Waals surface area contributed by atoms with E-state index < -0.39 is 0 Å². The van der Waals surface area contributed by atoms with Gasteiger partial charge < -0.3 is 10.1 Å². The summed E-state index contributed by atoms with van der Waals surface area (Å²) in [7, 11) is 0. The Balaban J connectivity index is 1.95. The predicted octanol–water partition coefficient (Wildman–Crippen LogP) is 2.89. The Bertz CT molecular complexity index is 337. The molecule has 2 rings (SSSR count). The summed E-state index contributed by atoms with van der Waals surface area (Å²) in [5.41, 5.74) is 1.35. The minimum absolute atomic E-state index is 0.312. The van der Waals surface area contributed by atoms with Crippen LogP contribution >= 0.6 is 0 Å². The SMILES string of the molecule is FCCCOc1cccc(C2CCNCC2)c1. The first-order valence-electron chi connectivity index (χ1n) is 6.39. The standard InChI is InChI=1S/C14H20FNO/c15-7-2-10-17-14-4-1-3-13(11-14)12-5-8-16-9-6-12/h1,3-4,11-12,16H,2,5-10H2. The molecule has 1 fully saturated rings. The average Bonchev–Trinajstić information content (AvgIpc) is 2.41. The van der Waals surface area contributed by atoms with E-state index in [0.717, 1.165) is 18.8 Å². The van der Waals surface area contributed by atoms with Gasteiger partial charge in [0.1, 0.15) is 5.75 Å². The lowest BCUT2D eigenvalue weighted by Crippen LogP contribution is -2.26. The quantitative estimate of drug-likeness (QED) is 0.795. The molecule has 0 unspecified atom stereocenters. The highest BCUT2D eigenvalue weighted by atomic mass is 19.1. The van der Waals surface area contributed by atoms with Gasteiger partial charge in [0.15, 0.2) is 0 Å². The molecule has 1 heterocycles. The van der Waals surface area contributed by atoms with Gasteiger partial charge in [-0.15, -0.1) is 0 Å². The summed E-state index contributed by atoms with van der Waals surface area (Å²) in [4.78, 5) is 0. The van der Waals surface area contributed by atoms with Crippen LogP contribution in [0.5, 0.6) is 5.75 Å². The van der Waals surface area contributed by atoms with Gasteiger partial charge >= 0.3 is 0 Å². The molecule has 1 saturated heterocycles. The van der Waals surface area contributed by atoms with Gasteiger partial charge in [0.25, 0.3) is 0 Å². The Morgan fingerprint density at radius 1 is 1.29 bits per heavy atom. The highest BCUT2D eigenvalue weighted by Gasteiger charge is 2.15. The highest BCUT2D eigenvalue weighted by Crippen LogP contribution is 2.27. The fourth-order valence-corrected chi connectivity index (χ4v) is 2.26. The monoisotopic (exact) mass is 237 g/mol. The maximum absolute atomic E-state index is 12.0. The predicted molar refractivity (Wildman–Crippen MR) is 67.4 cm³/mol. The van der Waals surface area contributed by atoms with Crippen molar-refractivity contribution in [3.63, 3.8) is 0 Å². The summed E-state index contributed by atoms with van der Waals surface area (Å²) >= 11 is 0. The molecule has 0 bridgehead atoms. The minimum atomic E-state index is -0.312. The van der Waals surface area contributed by atoms with Crippen molar-refractivity contribution < 1.29 is 9.13 Å². The van der Waals surface area contributed by atoms with E-state index in [9.17, 15) is 4.39 Å². The fourth-order valence-electron chi connectivity index (χ4n) is 2.26. The maximum atomic E-state index is 12.0. The van der Waals surface area contributed by atoms with Gasteiger partial charge in [-0.25, -0.2) is 0 Å². The zero-order valence-electron chi connectivity index (χ0n) is 10.1. The normalized spacial score (nSPS) is 17.0. The van der Waals surface area contributed by atoms with Crippen LogP contribution in [-0.4, -0.2) is 26.4 Å². The summed E-state index contributed by atoms with van der Waals surface area (Å²) in [6.45, 7) is 2.34. The van der Waals surface area contributed by atoms with E-state index in [1.54, 1.807) is 0 Å². The van der Waals surface area contributed by atoms with E-state index >= 15 is 0 Å². The second-order valence-electron chi connectivity index (χ2n) is 4.49. The zero-order chi connectivity index (χ0) is 11.9. The molecule has 0 radical (unpaired) electrons. The molecular weight excluding hydrogens is 217 g/mol. The Labute approximate surface area is 102 Å². The number of alkyl halides is 1. The van der Waals surface area contributed by atoms with E-state index in [0.29, 0.717) is 18.9 Å². The van der Waals surface area contributed by atoms with Crippen LogP contribution in [0, 0.1) is 0 Å². The molecule has 94 valence electrons. The van der Waals surface area contributed by atoms with Gasteiger partial charge in [0.05, 0.1) is 13.3 Å². The van der Waals surface area contributed by atoms with Gasteiger partial charge in [-0.2, -0.15) is 0 Å². The van der Waals surface area contributed by atoms with Crippen LogP contribution < -0.4 is 10.1 Å². The smallest absolute Gasteiger partial charge is 0.119 e. The first-order chi connectivity index (χ1) is 8.40. The van der Waals surface area contributed by atoms with Gasteiger partial charge in [0, 0.05) is 6.42 Å². The maximum Gasteiger partial charge on any atom is 0.119 e. The van der Waals surface area contributed by atoms with Gasteiger partial charge in [-0.05, 0) is 49.5 Å². The van der Waals surface area contributed by atoms with Crippen molar-refractivity contribution in [3.05, 3.63) is 29.8 Å². The van der Waals surface area contributed by atoms with Crippen LogP contribution in [-0.2, 0) is 0 Å². The molecular formula is C14H20FNO. The average molecular weight is 237 g/mol. The van der Waals surface area contributed by atoms with Crippen LogP contribution in [0.25, 0.3) is 0 Å². The number of halogens is 1. The summed E-state index contributed by atoms with van der Waals surface area (Å²) in [6.07, 6.45) is 2.85. The molecule has 1 N–H and O–H groups in total. The zero-order valence-corrected chi connectivity index (χ0v) is 10.1. The number of hydrogen-bond donors (Lipinski definition) is 1. The highest BCUT2D eigenvalue weighted by molar-refractivity contribution is 5.31. The van der Waals surface area contributed by atoms with E-state index in [2.05, 4.69) is 17.4 Å². The molecule has 2 nitrogen and oxygen atoms in total. The summed E-state index contributed by atoms with van der Waals surface area (Å²) in [5.74, 6) is 1.51. The van der Waals surface area contributed by atoms with Crippen molar-refractivity contribution in [2.75, 3.05) is 26.4 Å². The number of benzene rings is 1. The second kappa shape index (κ2) is 6.60. The van der Waals surface area contributed by atoms with Crippen LogP contribution in [0.4, 0.5) is 4.39 Å². The third-order valence-electron chi connectivity index (χ3n) is 3.22. The second-order valence-corrected chi connectivity index (χ2v) is 4.49. The Morgan fingerprint density at radius 2 is 2.12 bits per heavy atom. The Kier molecular flexibility index (Phi) is 4.80. The van der Waals surface area contributed by atoms with Gasteiger partial charge in [0.2, 0.25) is 0 Å². The number of piperidine rings is 1. The summed E-state index contributed by atoms with van der Waals surface area (Å²) in [5, 5.41) is 3.37. The molecule has 1 aromatic carbocycles. The molecule has 0 atom stereocenters. The molecule has 0 spiro atoms. The number of nitrogens with one attached hydrogen (secondary N) is 1. The molecule has 1 aliphatic rings. The van der Waals surface area contributed by atoms with E-state index in [4.69, 9.17) is 4.74 Å². The molecule has 0 aliphatic carbocycles. The third kappa shape index (κ3) is 3.70. The Morgan fingerprint density at radius 3 is 2.88 bits per heavy atom. The lowest BCUT2D eigenvalue weighted by atomic mass is 9.90. The van der Waals surface area contributed by atoms with Crippen molar-refractivity contribution >= 4 is 0 Å². The number of rotatable bonds is 5. The van der Waals surface area contributed by atoms with Gasteiger partial charge in [-0.3, -0.25) is 4.39 Å². The molecule has 17 heavy (non-hydrogen) atoms. The largest absolute Gasteiger partial charge is 0.493 e. The molecule has 3 heteroatoms. The molecule has 1 aromatic rings. The first-order valence-corrected chi connectivity index (χ1v) is 6.39. The van der Waals surface area contributed by atoms with Crippen molar-refractivity contribution in [1.82, 2.24) is 5.32 Å². The number of hydrogen-bond acceptors (Lipinski definition) is 2. The topological polar surface area (TPSA) is 21.3 Å². The van der Waals surface area contributed by atoms with Crippen LogP contribution in [0.2, 0.25) is 0 Å². The van der Waals surface area contributed by atoms with Crippen LogP contribution in [0.15, 0.2) is 24.3 Å². The van der Waals surface area contributed by atoms with E-state index in [1.165, 1.54) is 18.4 Å². The Hall–Kier alpha value is -1.09. The molecule has 0 aromatic heterocycles. The van der Waals surface area contributed by atoms with E-state index in [-0.39, 0.29) is 6.67 Å². The third-order valence-corrected chi connectivity index (χ3v) is 3.22.